The van der Waals surface area contributed by atoms with Gasteiger partial charge in [-0.25, -0.2) is 13.6 Å². The van der Waals surface area contributed by atoms with Gasteiger partial charge >= 0.3 is 0 Å². The van der Waals surface area contributed by atoms with Crippen molar-refractivity contribution >= 4 is 15.7 Å². The van der Waals surface area contributed by atoms with Crippen molar-refractivity contribution < 1.29 is 17.9 Å². The number of hydrogen-bond donors (Lipinski definition) is 1. The Bertz CT molecular complexity index is 638. The highest BCUT2D eigenvalue weighted by Gasteiger charge is 2.41. The Hall–Kier alpha value is -1.31. The van der Waals surface area contributed by atoms with E-state index in [1.165, 1.54) is 7.11 Å². The van der Waals surface area contributed by atoms with Gasteiger partial charge in [0.1, 0.15) is 10.6 Å². The Morgan fingerprint density at radius 2 is 2.19 bits per heavy atom. The van der Waals surface area contributed by atoms with Crippen molar-refractivity contribution in [3.05, 3.63) is 18.2 Å². The van der Waals surface area contributed by atoms with Crippen LogP contribution in [0.5, 0.6) is 5.75 Å². The van der Waals surface area contributed by atoms with Crippen molar-refractivity contribution in [1.29, 1.82) is 0 Å². The summed E-state index contributed by atoms with van der Waals surface area (Å²) in [6, 6.07) is 5.14. The number of benzene rings is 1. The minimum Gasteiger partial charge on any atom is -0.495 e. The summed E-state index contributed by atoms with van der Waals surface area (Å²) in [6.07, 6.45) is 2.14. The van der Waals surface area contributed by atoms with Gasteiger partial charge in [0.2, 0.25) is 10.0 Å². The van der Waals surface area contributed by atoms with Crippen LogP contribution in [0.1, 0.15) is 12.8 Å². The first-order valence-electron chi connectivity index (χ1n) is 6.97. The maximum Gasteiger partial charge on any atom is 0.241 e. The van der Waals surface area contributed by atoms with Crippen LogP contribution in [0.4, 0.5) is 5.69 Å². The zero-order chi connectivity index (χ0) is 15.1. The summed E-state index contributed by atoms with van der Waals surface area (Å²) < 4.78 is 34.0. The summed E-state index contributed by atoms with van der Waals surface area (Å²) in [7, 11) is -2.37. The van der Waals surface area contributed by atoms with E-state index < -0.39 is 10.0 Å². The van der Waals surface area contributed by atoms with Crippen LogP contribution in [0.15, 0.2) is 23.1 Å². The van der Waals surface area contributed by atoms with Gasteiger partial charge in [0.15, 0.2) is 0 Å². The topological polar surface area (TPSA) is 81.9 Å². The molecule has 2 fully saturated rings. The maximum atomic E-state index is 11.7. The first-order valence-corrected chi connectivity index (χ1v) is 8.52. The Balaban J connectivity index is 1.90. The average molecular weight is 312 g/mol. The second-order valence-corrected chi connectivity index (χ2v) is 7.38. The molecule has 0 aliphatic carbocycles. The summed E-state index contributed by atoms with van der Waals surface area (Å²) >= 11 is 0. The van der Waals surface area contributed by atoms with Gasteiger partial charge in [0.25, 0.3) is 0 Å². The van der Waals surface area contributed by atoms with Crippen LogP contribution >= 0.6 is 0 Å². The van der Waals surface area contributed by atoms with Gasteiger partial charge in [-0.1, -0.05) is 0 Å². The molecule has 2 aliphatic rings. The fourth-order valence-electron chi connectivity index (χ4n) is 3.21. The molecule has 2 aliphatic heterocycles. The third-order valence-corrected chi connectivity index (χ3v) is 5.37. The van der Waals surface area contributed by atoms with Crippen LogP contribution in [-0.4, -0.2) is 41.8 Å². The van der Waals surface area contributed by atoms with Crippen molar-refractivity contribution in [1.82, 2.24) is 0 Å². The molecular weight excluding hydrogens is 292 g/mol. The first kappa shape index (κ1) is 14.6. The van der Waals surface area contributed by atoms with Gasteiger partial charge in [-0.15, -0.1) is 0 Å². The van der Waals surface area contributed by atoms with Gasteiger partial charge in [-0.2, -0.15) is 0 Å². The van der Waals surface area contributed by atoms with E-state index in [4.69, 9.17) is 14.6 Å². The standard InChI is InChI=1S/C14H20N2O4S/c1-19-12-3-2-11(8-13(12)21(15,17)18)16-6-4-14(9-16)5-7-20-10-14/h2-3,8H,4-7,9-10H2,1H3,(H2,15,17,18). The molecule has 2 N–H and O–H groups in total. The predicted molar refractivity (Wildman–Crippen MR) is 79.1 cm³/mol. The molecule has 116 valence electrons. The summed E-state index contributed by atoms with van der Waals surface area (Å²) in [5.41, 5.74) is 1.09. The predicted octanol–water partition coefficient (Wildman–Crippen LogP) is 0.959. The van der Waals surface area contributed by atoms with E-state index in [-0.39, 0.29) is 16.1 Å². The molecule has 0 saturated carbocycles. The fourth-order valence-corrected chi connectivity index (χ4v) is 3.93. The fraction of sp³-hybridized carbons (Fsp3) is 0.571. The zero-order valence-electron chi connectivity index (χ0n) is 12.0. The van der Waals surface area contributed by atoms with Gasteiger partial charge in [-0.05, 0) is 31.0 Å². The number of rotatable bonds is 3. The molecule has 7 heteroatoms. The molecular formula is C14H20N2O4S. The van der Waals surface area contributed by atoms with E-state index in [0.29, 0.717) is 0 Å². The first-order chi connectivity index (χ1) is 9.93. The van der Waals surface area contributed by atoms with E-state index >= 15 is 0 Å². The lowest BCUT2D eigenvalue weighted by molar-refractivity contribution is 0.160. The lowest BCUT2D eigenvalue weighted by Crippen LogP contribution is -2.27. The number of ether oxygens (including phenoxy) is 2. The lowest BCUT2D eigenvalue weighted by atomic mass is 9.87. The monoisotopic (exact) mass is 312 g/mol. The number of sulfonamides is 1. The average Bonchev–Trinajstić information content (AvgIpc) is 3.08. The van der Waals surface area contributed by atoms with Crippen molar-refractivity contribution in [2.75, 3.05) is 38.3 Å². The summed E-state index contributed by atoms with van der Waals surface area (Å²) in [6.45, 7) is 3.41. The highest BCUT2D eigenvalue weighted by Crippen LogP contribution is 2.40. The van der Waals surface area contributed by atoms with E-state index in [9.17, 15) is 8.42 Å². The van der Waals surface area contributed by atoms with Crippen LogP contribution in [0.25, 0.3) is 0 Å². The molecule has 1 spiro atoms. The van der Waals surface area contributed by atoms with Crippen molar-refractivity contribution in [3.63, 3.8) is 0 Å². The van der Waals surface area contributed by atoms with Gasteiger partial charge < -0.3 is 14.4 Å². The molecule has 2 saturated heterocycles. The Morgan fingerprint density at radius 1 is 1.38 bits per heavy atom. The van der Waals surface area contributed by atoms with E-state index in [0.717, 1.165) is 44.8 Å². The largest absolute Gasteiger partial charge is 0.495 e. The van der Waals surface area contributed by atoms with Gasteiger partial charge in [0.05, 0.1) is 13.7 Å². The number of methoxy groups -OCH3 is 1. The van der Waals surface area contributed by atoms with E-state index in [1.807, 2.05) is 6.07 Å². The molecule has 1 unspecified atom stereocenters. The minimum absolute atomic E-state index is 0.0334. The van der Waals surface area contributed by atoms with Crippen molar-refractivity contribution in [2.45, 2.75) is 17.7 Å². The molecule has 6 nitrogen and oxygen atoms in total. The molecule has 1 atom stereocenters. The molecule has 3 rings (SSSR count). The molecule has 0 bridgehead atoms. The normalized spacial score (nSPS) is 25.7. The molecule has 2 heterocycles. The number of nitrogens with zero attached hydrogens (tertiary/aromatic N) is 1. The van der Waals surface area contributed by atoms with Crippen LogP contribution in [0.3, 0.4) is 0 Å². The van der Waals surface area contributed by atoms with Crippen LogP contribution in [0, 0.1) is 5.41 Å². The zero-order valence-corrected chi connectivity index (χ0v) is 12.9. The van der Waals surface area contributed by atoms with Crippen LogP contribution < -0.4 is 14.8 Å². The van der Waals surface area contributed by atoms with E-state index in [2.05, 4.69) is 4.90 Å². The smallest absolute Gasteiger partial charge is 0.241 e. The van der Waals surface area contributed by atoms with Crippen LogP contribution in [0.2, 0.25) is 0 Å². The summed E-state index contributed by atoms with van der Waals surface area (Å²) in [5.74, 6) is 0.277. The maximum absolute atomic E-state index is 11.7. The molecule has 21 heavy (non-hydrogen) atoms. The van der Waals surface area contributed by atoms with Crippen LogP contribution in [-0.2, 0) is 14.8 Å². The number of primary sulfonamides is 1. The number of nitrogens with two attached hydrogens (primary N) is 1. The molecule has 1 aromatic rings. The third kappa shape index (κ3) is 2.73. The molecule has 0 amide bonds. The lowest BCUT2D eigenvalue weighted by Gasteiger charge is -2.24. The molecule has 1 aromatic carbocycles. The highest BCUT2D eigenvalue weighted by molar-refractivity contribution is 7.89. The molecule has 0 radical (unpaired) electrons. The Morgan fingerprint density at radius 3 is 2.81 bits per heavy atom. The van der Waals surface area contributed by atoms with Crippen molar-refractivity contribution in [3.8, 4) is 5.75 Å². The molecule has 0 aromatic heterocycles. The quantitative estimate of drug-likeness (QED) is 0.899. The minimum atomic E-state index is -3.80. The summed E-state index contributed by atoms with van der Waals surface area (Å²) in [4.78, 5) is 2.23. The second kappa shape index (κ2) is 5.15. The SMILES string of the molecule is COc1ccc(N2CCC3(CCOC3)C2)cc1S(N)(=O)=O. The van der Waals surface area contributed by atoms with Gasteiger partial charge in [0, 0.05) is 30.8 Å². The second-order valence-electron chi connectivity index (χ2n) is 5.85. The highest BCUT2D eigenvalue weighted by atomic mass is 32.2. The van der Waals surface area contributed by atoms with Crippen molar-refractivity contribution in [2.24, 2.45) is 10.6 Å². The third-order valence-electron chi connectivity index (χ3n) is 4.44. The van der Waals surface area contributed by atoms with Gasteiger partial charge in [-0.3, -0.25) is 0 Å². The number of hydrogen-bond acceptors (Lipinski definition) is 5. The van der Waals surface area contributed by atoms with E-state index in [1.54, 1.807) is 12.1 Å². The summed E-state index contributed by atoms with van der Waals surface area (Å²) in [5, 5.41) is 5.27. The Kier molecular flexibility index (Phi) is 3.59. The number of anilines is 1. The Labute approximate surface area is 124 Å².